The number of ether oxygens (including phenoxy) is 2. The van der Waals surface area contributed by atoms with Crippen LogP contribution in [0.15, 0.2) is 43.0 Å². The van der Waals surface area contributed by atoms with Gasteiger partial charge in [-0.1, -0.05) is 6.07 Å². The molecule has 3 aromatic rings. The molecule has 3 heterocycles. The number of benzene rings is 1. The highest BCUT2D eigenvalue weighted by atomic mass is 16.6. The normalized spacial score (nSPS) is 12.5. The van der Waals surface area contributed by atoms with Gasteiger partial charge < -0.3 is 25.4 Å². The number of primary amides is 1. The van der Waals surface area contributed by atoms with E-state index < -0.39 is 5.91 Å². The van der Waals surface area contributed by atoms with Crippen LogP contribution in [0.4, 0.5) is 5.82 Å². The van der Waals surface area contributed by atoms with Crippen molar-refractivity contribution in [3.63, 3.8) is 0 Å². The van der Waals surface area contributed by atoms with Gasteiger partial charge in [0.1, 0.15) is 25.4 Å². The Balaban J connectivity index is 1.34. The van der Waals surface area contributed by atoms with Gasteiger partial charge in [-0.05, 0) is 37.6 Å². The highest BCUT2D eigenvalue weighted by Crippen LogP contribution is 2.30. The minimum Gasteiger partial charge on any atom is -0.486 e. The molecule has 0 radical (unpaired) electrons. The van der Waals surface area contributed by atoms with Crippen molar-refractivity contribution in [2.75, 3.05) is 37.7 Å². The van der Waals surface area contributed by atoms with Crippen molar-refractivity contribution in [2.24, 2.45) is 5.73 Å². The van der Waals surface area contributed by atoms with Gasteiger partial charge in [0.05, 0.1) is 6.54 Å². The summed E-state index contributed by atoms with van der Waals surface area (Å²) in [4.78, 5) is 26.6. The molecule has 0 bridgehead atoms. The maximum absolute atomic E-state index is 11.7. The fraction of sp³-hybridized carbons (Fsp3) is 0.364. The summed E-state index contributed by atoms with van der Waals surface area (Å²) in [6.07, 6.45) is 5.89. The molecule has 2 aromatic heterocycles. The number of fused-ring (bicyclic) bond motifs is 1. The first-order valence-electron chi connectivity index (χ1n) is 10.5. The molecule has 0 unspecified atom stereocenters. The Morgan fingerprint density at radius 1 is 1.22 bits per heavy atom. The third-order valence-electron chi connectivity index (χ3n) is 4.95. The average Bonchev–Trinajstić information content (AvgIpc) is 3.32. The summed E-state index contributed by atoms with van der Waals surface area (Å²) in [6, 6.07) is 7.82. The lowest BCUT2D eigenvalue weighted by Crippen LogP contribution is -2.36. The standard InChI is InChI=1S/C22H27N7O3/c1-16-11-21(27-22(26-16)29-8-6-25-15-29)28(14-20(23)30)7-2-5-24-13-17-3-4-18-19(12-17)32-10-9-31-18/h3-4,6,8,11-12,15,24H,2,5,7,9-10,13-14H2,1H3,(H2,23,30). The fourth-order valence-corrected chi connectivity index (χ4v) is 3.48. The Hall–Kier alpha value is -3.66. The Bertz CT molecular complexity index is 1060. The molecule has 0 saturated heterocycles. The van der Waals surface area contributed by atoms with E-state index in [9.17, 15) is 4.79 Å². The van der Waals surface area contributed by atoms with Gasteiger partial charge in [-0.25, -0.2) is 9.97 Å². The molecule has 1 aliphatic heterocycles. The minimum atomic E-state index is -0.408. The quantitative estimate of drug-likeness (QED) is 0.454. The van der Waals surface area contributed by atoms with Gasteiger partial charge in [0.15, 0.2) is 11.5 Å². The number of carbonyl (C=O) groups is 1. The number of carbonyl (C=O) groups excluding carboxylic acids is 1. The van der Waals surface area contributed by atoms with Crippen LogP contribution in [0.2, 0.25) is 0 Å². The molecule has 0 fully saturated rings. The fourth-order valence-electron chi connectivity index (χ4n) is 3.48. The van der Waals surface area contributed by atoms with E-state index in [0.717, 1.165) is 35.7 Å². The van der Waals surface area contributed by atoms with Gasteiger partial charge in [0, 0.05) is 37.2 Å². The van der Waals surface area contributed by atoms with Crippen LogP contribution in [0.25, 0.3) is 5.95 Å². The van der Waals surface area contributed by atoms with Crippen molar-refractivity contribution in [1.29, 1.82) is 0 Å². The van der Waals surface area contributed by atoms with Gasteiger partial charge in [0.2, 0.25) is 11.9 Å². The van der Waals surface area contributed by atoms with Crippen molar-refractivity contribution in [2.45, 2.75) is 19.9 Å². The average molecular weight is 438 g/mol. The summed E-state index contributed by atoms with van der Waals surface area (Å²) in [7, 11) is 0. The number of amides is 1. The molecule has 0 aliphatic carbocycles. The maximum atomic E-state index is 11.7. The van der Waals surface area contributed by atoms with Gasteiger partial charge >= 0.3 is 0 Å². The summed E-state index contributed by atoms with van der Waals surface area (Å²) in [5, 5.41) is 3.43. The number of aromatic nitrogens is 4. The van der Waals surface area contributed by atoms with Crippen molar-refractivity contribution in [3.05, 3.63) is 54.2 Å². The van der Waals surface area contributed by atoms with E-state index in [4.69, 9.17) is 15.2 Å². The number of hydrogen-bond donors (Lipinski definition) is 2. The zero-order chi connectivity index (χ0) is 22.3. The monoisotopic (exact) mass is 437 g/mol. The largest absolute Gasteiger partial charge is 0.486 e. The Morgan fingerprint density at radius 2 is 2.06 bits per heavy atom. The Kier molecular flexibility index (Phi) is 6.81. The number of aryl methyl sites for hydroxylation is 1. The third kappa shape index (κ3) is 5.52. The van der Waals surface area contributed by atoms with E-state index in [1.807, 2.05) is 36.1 Å². The number of anilines is 1. The van der Waals surface area contributed by atoms with E-state index in [1.54, 1.807) is 23.3 Å². The summed E-state index contributed by atoms with van der Waals surface area (Å²) < 4.78 is 12.9. The molecule has 10 nitrogen and oxygen atoms in total. The first-order valence-corrected chi connectivity index (χ1v) is 10.5. The molecule has 0 atom stereocenters. The molecule has 32 heavy (non-hydrogen) atoms. The molecule has 3 N–H and O–H groups in total. The van der Waals surface area contributed by atoms with E-state index >= 15 is 0 Å². The summed E-state index contributed by atoms with van der Waals surface area (Å²) >= 11 is 0. The smallest absolute Gasteiger partial charge is 0.237 e. The summed E-state index contributed by atoms with van der Waals surface area (Å²) in [6.45, 7) is 5.24. The van der Waals surface area contributed by atoms with E-state index in [0.29, 0.717) is 38.1 Å². The van der Waals surface area contributed by atoms with Crippen LogP contribution in [0.3, 0.4) is 0 Å². The second-order valence-electron chi connectivity index (χ2n) is 7.53. The lowest BCUT2D eigenvalue weighted by atomic mass is 10.2. The van der Waals surface area contributed by atoms with Crippen LogP contribution in [0.5, 0.6) is 11.5 Å². The zero-order valence-electron chi connectivity index (χ0n) is 18.0. The first-order chi connectivity index (χ1) is 15.6. The molecule has 0 saturated carbocycles. The number of imidazole rings is 1. The predicted octanol–water partition coefficient (Wildman–Crippen LogP) is 1.21. The first kappa shape index (κ1) is 21.6. The number of nitrogens with one attached hydrogen (secondary N) is 1. The number of nitrogens with two attached hydrogens (primary N) is 1. The highest BCUT2D eigenvalue weighted by molar-refractivity contribution is 5.79. The van der Waals surface area contributed by atoms with Gasteiger partial charge in [0.25, 0.3) is 0 Å². The topological polar surface area (TPSA) is 120 Å². The summed E-state index contributed by atoms with van der Waals surface area (Å²) in [5.74, 6) is 2.33. The molecular formula is C22H27N7O3. The van der Waals surface area contributed by atoms with Crippen LogP contribution in [-0.4, -0.2) is 58.3 Å². The van der Waals surface area contributed by atoms with Crippen molar-refractivity contribution >= 4 is 11.7 Å². The van der Waals surface area contributed by atoms with Crippen LogP contribution in [-0.2, 0) is 11.3 Å². The minimum absolute atomic E-state index is 0.0853. The van der Waals surface area contributed by atoms with E-state index in [-0.39, 0.29) is 6.54 Å². The van der Waals surface area contributed by atoms with Crippen LogP contribution in [0.1, 0.15) is 17.7 Å². The number of hydrogen-bond acceptors (Lipinski definition) is 8. The third-order valence-corrected chi connectivity index (χ3v) is 4.95. The van der Waals surface area contributed by atoms with Gasteiger partial charge in [-0.2, -0.15) is 4.98 Å². The summed E-state index contributed by atoms with van der Waals surface area (Å²) in [5.41, 5.74) is 7.41. The Labute approximate surface area is 186 Å². The van der Waals surface area contributed by atoms with Crippen LogP contribution < -0.4 is 25.4 Å². The number of nitrogens with zero attached hydrogens (tertiary/aromatic N) is 5. The van der Waals surface area contributed by atoms with E-state index in [1.165, 1.54) is 0 Å². The van der Waals surface area contributed by atoms with Gasteiger partial charge in [-0.3, -0.25) is 9.36 Å². The second-order valence-corrected chi connectivity index (χ2v) is 7.53. The zero-order valence-corrected chi connectivity index (χ0v) is 18.0. The van der Waals surface area contributed by atoms with E-state index in [2.05, 4.69) is 20.3 Å². The van der Waals surface area contributed by atoms with Crippen LogP contribution in [0, 0.1) is 6.92 Å². The van der Waals surface area contributed by atoms with Gasteiger partial charge in [-0.15, -0.1) is 0 Å². The molecule has 1 amide bonds. The lowest BCUT2D eigenvalue weighted by Gasteiger charge is -2.23. The second kappa shape index (κ2) is 10.1. The highest BCUT2D eigenvalue weighted by Gasteiger charge is 2.14. The molecule has 1 aliphatic rings. The SMILES string of the molecule is Cc1cc(N(CCCNCc2ccc3c(c2)OCCO3)CC(N)=O)nc(-n2ccnc2)n1. The van der Waals surface area contributed by atoms with Crippen LogP contribution >= 0.6 is 0 Å². The number of rotatable bonds is 10. The molecule has 1 aromatic carbocycles. The Morgan fingerprint density at radius 3 is 2.84 bits per heavy atom. The lowest BCUT2D eigenvalue weighted by molar-refractivity contribution is -0.116. The predicted molar refractivity (Wildman–Crippen MR) is 119 cm³/mol. The molecule has 4 rings (SSSR count). The molecular weight excluding hydrogens is 410 g/mol. The maximum Gasteiger partial charge on any atom is 0.237 e. The molecule has 10 heteroatoms. The molecule has 0 spiro atoms. The van der Waals surface area contributed by atoms with Crippen molar-refractivity contribution in [3.8, 4) is 17.4 Å². The van der Waals surface area contributed by atoms with Crippen molar-refractivity contribution < 1.29 is 14.3 Å². The van der Waals surface area contributed by atoms with Crippen molar-refractivity contribution in [1.82, 2.24) is 24.8 Å². The molecule has 168 valence electrons.